The summed E-state index contributed by atoms with van der Waals surface area (Å²) in [5, 5.41) is 3.16. The second-order valence-electron chi connectivity index (χ2n) is 7.55. The standard InChI is InChI=1S/C24H27N3O2/c1-16-19(17-9-6-5-7-10-17)11-8-12-20(16)21-14-13-18(22(27-21)29-4)15-26-24(2,3)23(25)28/h5-14,26H,15H2,1-4H3,(H2,25,28). The Bertz CT molecular complexity index is 1010. The molecular formula is C24H27N3O2. The fourth-order valence-electron chi connectivity index (χ4n) is 3.18. The van der Waals surface area contributed by atoms with Crippen LogP contribution in [0.4, 0.5) is 0 Å². The van der Waals surface area contributed by atoms with Gasteiger partial charge in [0.05, 0.1) is 18.3 Å². The van der Waals surface area contributed by atoms with Crippen molar-refractivity contribution >= 4 is 5.91 Å². The number of nitrogens with one attached hydrogen (secondary N) is 1. The Morgan fingerprint density at radius 2 is 1.72 bits per heavy atom. The first-order valence-corrected chi connectivity index (χ1v) is 9.57. The highest BCUT2D eigenvalue weighted by atomic mass is 16.5. The highest BCUT2D eigenvalue weighted by molar-refractivity contribution is 5.83. The van der Waals surface area contributed by atoms with Gasteiger partial charge < -0.3 is 10.5 Å². The van der Waals surface area contributed by atoms with Crippen molar-refractivity contribution < 1.29 is 9.53 Å². The first-order valence-electron chi connectivity index (χ1n) is 9.57. The van der Waals surface area contributed by atoms with E-state index >= 15 is 0 Å². The summed E-state index contributed by atoms with van der Waals surface area (Å²) < 4.78 is 5.52. The van der Waals surface area contributed by atoms with Gasteiger partial charge >= 0.3 is 0 Å². The van der Waals surface area contributed by atoms with Crippen LogP contribution in [0.2, 0.25) is 0 Å². The summed E-state index contributed by atoms with van der Waals surface area (Å²) >= 11 is 0. The molecule has 0 saturated carbocycles. The van der Waals surface area contributed by atoms with Crippen molar-refractivity contribution in [2.24, 2.45) is 5.73 Å². The monoisotopic (exact) mass is 389 g/mol. The number of benzene rings is 2. The van der Waals surface area contributed by atoms with E-state index in [-0.39, 0.29) is 0 Å². The Balaban J connectivity index is 1.94. The SMILES string of the molecule is COc1nc(-c2cccc(-c3ccccc3)c2C)ccc1CNC(C)(C)C(N)=O. The number of carbonyl (C=O) groups excluding carboxylic acids is 1. The molecule has 0 saturated heterocycles. The second-order valence-corrected chi connectivity index (χ2v) is 7.55. The highest BCUT2D eigenvalue weighted by Crippen LogP contribution is 2.32. The molecule has 0 bridgehead atoms. The van der Waals surface area contributed by atoms with Crippen LogP contribution in [0.25, 0.3) is 22.4 Å². The van der Waals surface area contributed by atoms with Crippen LogP contribution in [-0.2, 0) is 11.3 Å². The zero-order valence-corrected chi connectivity index (χ0v) is 17.3. The van der Waals surface area contributed by atoms with Crippen molar-refractivity contribution in [2.45, 2.75) is 32.9 Å². The number of rotatable bonds is 7. The van der Waals surface area contributed by atoms with Crippen LogP contribution in [0, 0.1) is 6.92 Å². The minimum Gasteiger partial charge on any atom is -0.481 e. The Labute approximate surface area is 171 Å². The lowest BCUT2D eigenvalue weighted by molar-refractivity contribution is -0.123. The molecule has 0 aliphatic heterocycles. The minimum absolute atomic E-state index is 0.408. The number of nitrogens with zero attached hydrogens (tertiary/aromatic N) is 1. The minimum atomic E-state index is -0.815. The summed E-state index contributed by atoms with van der Waals surface area (Å²) in [7, 11) is 1.60. The third-order valence-corrected chi connectivity index (χ3v) is 5.16. The van der Waals surface area contributed by atoms with E-state index in [9.17, 15) is 4.79 Å². The topological polar surface area (TPSA) is 77.2 Å². The number of methoxy groups -OCH3 is 1. The molecule has 150 valence electrons. The maximum absolute atomic E-state index is 11.5. The molecule has 0 spiro atoms. The lowest BCUT2D eigenvalue weighted by atomic mass is 9.94. The third-order valence-electron chi connectivity index (χ3n) is 5.16. The van der Waals surface area contributed by atoms with E-state index in [1.165, 1.54) is 11.1 Å². The van der Waals surface area contributed by atoms with Gasteiger partial charge in [-0.25, -0.2) is 4.98 Å². The fourth-order valence-corrected chi connectivity index (χ4v) is 3.18. The van der Waals surface area contributed by atoms with E-state index in [0.717, 1.165) is 22.4 Å². The van der Waals surface area contributed by atoms with Crippen LogP contribution in [0.5, 0.6) is 5.88 Å². The molecule has 0 atom stereocenters. The molecule has 2 aromatic carbocycles. The van der Waals surface area contributed by atoms with E-state index in [2.05, 4.69) is 36.5 Å². The number of hydrogen-bond acceptors (Lipinski definition) is 4. The van der Waals surface area contributed by atoms with Gasteiger partial charge in [-0.2, -0.15) is 0 Å². The van der Waals surface area contributed by atoms with Crippen LogP contribution in [0.15, 0.2) is 60.7 Å². The van der Waals surface area contributed by atoms with Crippen molar-refractivity contribution in [3.05, 3.63) is 71.8 Å². The van der Waals surface area contributed by atoms with Gasteiger partial charge in [-0.15, -0.1) is 0 Å². The van der Waals surface area contributed by atoms with Crippen molar-refractivity contribution in [1.29, 1.82) is 0 Å². The summed E-state index contributed by atoms with van der Waals surface area (Å²) in [5.74, 6) is 0.120. The first-order chi connectivity index (χ1) is 13.8. The molecule has 1 amide bonds. The van der Waals surface area contributed by atoms with Gasteiger partial charge in [-0.3, -0.25) is 10.1 Å². The molecule has 0 radical (unpaired) electrons. The fraction of sp³-hybridized carbons (Fsp3) is 0.250. The van der Waals surface area contributed by atoms with Crippen molar-refractivity contribution in [1.82, 2.24) is 10.3 Å². The summed E-state index contributed by atoms with van der Waals surface area (Å²) in [6.07, 6.45) is 0. The van der Waals surface area contributed by atoms with E-state index in [1.54, 1.807) is 21.0 Å². The molecule has 29 heavy (non-hydrogen) atoms. The Morgan fingerprint density at radius 1 is 1.03 bits per heavy atom. The van der Waals surface area contributed by atoms with Gasteiger partial charge in [0.1, 0.15) is 0 Å². The quantitative estimate of drug-likeness (QED) is 0.638. The normalized spacial score (nSPS) is 11.3. The largest absolute Gasteiger partial charge is 0.481 e. The zero-order valence-electron chi connectivity index (χ0n) is 17.3. The number of ether oxygens (including phenoxy) is 1. The Hall–Kier alpha value is -3.18. The average molecular weight is 389 g/mol. The van der Waals surface area contributed by atoms with E-state index < -0.39 is 11.4 Å². The van der Waals surface area contributed by atoms with Crippen LogP contribution in [-0.4, -0.2) is 23.5 Å². The maximum Gasteiger partial charge on any atom is 0.237 e. The predicted octanol–water partition coefficient (Wildman–Crippen LogP) is 4.09. The molecule has 5 nitrogen and oxygen atoms in total. The molecule has 3 aromatic rings. The molecule has 0 aliphatic carbocycles. The van der Waals surface area contributed by atoms with E-state index in [0.29, 0.717) is 12.4 Å². The van der Waals surface area contributed by atoms with Gasteiger partial charge in [-0.1, -0.05) is 54.6 Å². The second kappa shape index (κ2) is 8.45. The van der Waals surface area contributed by atoms with Gasteiger partial charge in [-0.05, 0) is 43.5 Å². The maximum atomic E-state index is 11.5. The van der Waals surface area contributed by atoms with Crippen molar-refractivity contribution in [3.8, 4) is 28.3 Å². The Kier molecular flexibility index (Phi) is 5.99. The van der Waals surface area contributed by atoms with Gasteiger partial charge in [0.25, 0.3) is 0 Å². The number of hydrogen-bond donors (Lipinski definition) is 2. The molecule has 0 aliphatic rings. The average Bonchev–Trinajstić information content (AvgIpc) is 2.73. The molecule has 0 fully saturated rings. The van der Waals surface area contributed by atoms with Crippen molar-refractivity contribution in [2.75, 3.05) is 7.11 Å². The van der Waals surface area contributed by atoms with Crippen LogP contribution >= 0.6 is 0 Å². The molecular weight excluding hydrogens is 362 g/mol. The lowest BCUT2D eigenvalue weighted by Crippen LogP contribution is -2.50. The summed E-state index contributed by atoms with van der Waals surface area (Å²) in [6.45, 7) is 6.04. The number of primary amides is 1. The highest BCUT2D eigenvalue weighted by Gasteiger charge is 2.24. The van der Waals surface area contributed by atoms with E-state index in [1.807, 2.05) is 36.4 Å². The predicted molar refractivity (Wildman–Crippen MR) is 117 cm³/mol. The molecule has 3 N–H and O–H groups in total. The zero-order chi connectivity index (χ0) is 21.0. The summed E-state index contributed by atoms with van der Waals surface area (Å²) in [6, 6.07) is 20.5. The summed E-state index contributed by atoms with van der Waals surface area (Å²) in [4.78, 5) is 16.3. The molecule has 3 rings (SSSR count). The van der Waals surface area contributed by atoms with Gasteiger partial charge in [0.2, 0.25) is 11.8 Å². The van der Waals surface area contributed by atoms with Crippen LogP contribution < -0.4 is 15.8 Å². The van der Waals surface area contributed by atoms with E-state index in [4.69, 9.17) is 15.5 Å². The smallest absolute Gasteiger partial charge is 0.237 e. The molecule has 1 heterocycles. The number of pyridine rings is 1. The third kappa shape index (κ3) is 4.46. The lowest BCUT2D eigenvalue weighted by Gasteiger charge is -2.23. The number of nitrogens with two attached hydrogens (primary N) is 1. The summed E-state index contributed by atoms with van der Waals surface area (Å²) in [5.41, 5.74) is 10.9. The van der Waals surface area contributed by atoms with Crippen LogP contribution in [0.1, 0.15) is 25.0 Å². The van der Waals surface area contributed by atoms with Gasteiger partial charge in [0, 0.05) is 17.7 Å². The van der Waals surface area contributed by atoms with Crippen molar-refractivity contribution in [3.63, 3.8) is 0 Å². The number of aromatic nitrogens is 1. The number of amides is 1. The number of carbonyl (C=O) groups is 1. The molecule has 1 aromatic heterocycles. The van der Waals surface area contributed by atoms with Crippen LogP contribution in [0.3, 0.4) is 0 Å². The Morgan fingerprint density at radius 3 is 2.38 bits per heavy atom. The first kappa shape index (κ1) is 20.6. The van der Waals surface area contributed by atoms with Gasteiger partial charge in [0.15, 0.2) is 0 Å². The molecule has 0 unspecified atom stereocenters. The molecule has 5 heteroatoms.